The Labute approximate surface area is 472 Å². The summed E-state index contributed by atoms with van der Waals surface area (Å²) in [5, 5.41) is 7.42. The molecule has 4 amide bonds. The van der Waals surface area contributed by atoms with Crippen LogP contribution in [0.4, 0.5) is 44.7 Å². The van der Waals surface area contributed by atoms with Crippen LogP contribution in [-0.2, 0) is 54.3 Å². The maximum absolute atomic E-state index is 13.9. The van der Waals surface area contributed by atoms with Gasteiger partial charge in [-0.3, -0.25) is 9.59 Å². The molecule has 0 N–H and O–H groups in total. The van der Waals surface area contributed by atoms with E-state index in [2.05, 4.69) is 20.2 Å². The SMILES string of the molecule is Cc1nn(-c2ccc(C(F)(F)F)nc2)cc1CN(C(=O)OC(C)(C)C)C(=O)C1CCCC1S(=O)(=O)c1ccc(F)cc1.Cc1nn(-c2ccc(C(F)(F)F)nc2)cc1CN(C(=O)OC(C)(C)C)C(=O)C1CCCC1Sc1ccc(F)cc1. The topological polar surface area (TPSA) is 189 Å². The number of aryl methyl sites for hydroxylation is 2. The monoisotopic (exact) mass is 1190 g/mol. The number of benzene rings is 2. The molecule has 16 nitrogen and oxygen atoms in total. The van der Waals surface area contributed by atoms with Crippen LogP contribution in [0.15, 0.2) is 107 Å². The molecule has 2 saturated carbocycles. The minimum absolute atomic E-state index is 0.107. The second-order valence-corrected chi connectivity index (χ2v) is 25.2. The molecule has 0 saturated heterocycles. The van der Waals surface area contributed by atoms with E-state index in [9.17, 15) is 62.7 Å². The normalized spacial score (nSPS) is 17.7. The predicted octanol–water partition coefficient (Wildman–Crippen LogP) is 12.6. The van der Waals surface area contributed by atoms with Crippen LogP contribution in [0, 0.1) is 37.3 Å². The number of halogens is 8. The van der Waals surface area contributed by atoms with E-state index in [1.54, 1.807) is 73.7 Å². The highest BCUT2D eigenvalue weighted by Gasteiger charge is 2.46. The second-order valence-electron chi connectivity index (χ2n) is 21.7. The van der Waals surface area contributed by atoms with Crippen molar-refractivity contribution in [1.82, 2.24) is 39.3 Å². The fraction of sp³-hybridized carbons (Fsp3) is 0.429. The molecular formula is C56H60F8N8O8S2. The third-order valence-electron chi connectivity index (χ3n) is 13.2. The standard InChI is InChI=1S/C28H30F4N4O5S.C28H30F4N4O3S/c1-17-18(16-36(34-17)20-10-13-24(33-14-20)28(30,31)32)15-35(26(38)41-27(2,3)4)25(37)22-6-5-7-23(22)42(39,40)21-11-8-19(29)9-12-21;1-17-18(16-36(34-17)20-10-13-24(33-14-20)28(30,31)32)15-35(26(38)39-27(2,3)4)25(37)22-6-5-7-23(22)40-21-11-8-19(29)9-12-21/h8-14,16,22-23H,5-7,15H2,1-4H3;8-14,16,22-23H,5-7,15H2,1-4H3. The number of carbonyl (C=O) groups is 4. The van der Waals surface area contributed by atoms with Crippen LogP contribution in [-0.4, -0.2) is 93.4 Å². The van der Waals surface area contributed by atoms with Crippen molar-refractivity contribution >= 4 is 45.6 Å². The largest absolute Gasteiger partial charge is 0.443 e. The predicted molar refractivity (Wildman–Crippen MR) is 284 cm³/mol. The molecular weight excluding hydrogens is 1130 g/mol. The van der Waals surface area contributed by atoms with Crippen molar-refractivity contribution in [2.24, 2.45) is 11.8 Å². The Bertz CT molecular complexity index is 3360. The molecule has 82 heavy (non-hydrogen) atoms. The minimum atomic E-state index is -4.61. The van der Waals surface area contributed by atoms with Crippen molar-refractivity contribution in [1.29, 1.82) is 0 Å². The number of pyridine rings is 2. The highest BCUT2D eigenvalue weighted by Crippen LogP contribution is 2.41. The summed E-state index contributed by atoms with van der Waals surface area (Å²) in [7, 11) is -4.04. The molecule has 4 aromatic heterocycles. The van der Waals surface area contributed by atoms with Crippen LogP contribution in [0.1, 0.15) is 114 Å². The van der Waals surface area contributed by atoms with Gasteiger partial charge in [0.15, 0.2) is 9.84 Å². The summed E-state index contributed by atoms with van der Waals surface area (Å²) in [6.45, 7) is 12.8. The van der Waals surface area contributed by atoms with E-state index in [1.807, 2.05) is 0 Å². The summed E-state index contributed by atoms with van der Waals surface area (Å²) in [5.74, 6) is -3.61. The van der Waals surface area contributed by atoms with Gasteiger partial charge in [-0.05, 0) is 154 Å². The lowest BCUT2D eigenvalue weighted by atomic mass is 10.1. The average molecular weight is 1190 g/mol. The van der Waals surface area contributed by atoms with E-state index < -0.39 is 85.8 Å². The number of imide groups is 2. The Morgan fingerprint density at radius 3 is 1.43 bits per heavy atom. The molecule has 4 heterocycles. The van der Waals surface area contributed by atoms with E-state index in [0.29, 0.717) is 41.0 Å². The van der Waals surface area contributed by atoms with Gasteiger partial charge in [-0.25, -0.2) is 55.9 Å². The molecule has 2 aromatic carbocycles. The van der Waals surface area contributed by atoms with Gasteiger partial charge in [-0.2, -0.15) is 36.5 Å². The quantitative estimate of drug-likeness (QED) is 0.0832. The molecule has 440 valence electrons. The number of alkyl halides is 6. The lowest BCUT2D eigenvalue weighted by Gasteiger charge is -2.29. The Balaban J connectivity index is 0.000000236. The first-order chi connectivity index (χ1) is 38.2. The number of sulfone groups is 1. The molecule has 0 radical (unpaired) electrons. The maximum atomic E-state index is 13.9. The van der Waals surface area contributed by atoms with Gasteiger partial charge in [-0.15, -0.1) is 11.8 Å². The molecule has 0 spiro atoms. The molecule has 0 aliphatic heterocycles. The maximum Gasteiger partial charge on any atom is 0.433 e. The summed E-state index contributed by atoms with van der Waals surface area (Å²) in [4.78, 5) is 63.9. The summed E-state index contributed by atoms with van der Waals surface area (Å²) in [5.41, 5.74) is -1.63. The van der Waals surface area contributed by atoms with Gasteiger partial charge < -0.3 is 9.47 Å². The number of hydrogen-bond acceptors (Lipinski definition) is 13. The molecule has 4 unspecified atom stereocenters. The van der Waals surface area contributed by atoms with E-state index in [-0.39, 0.29) is 53.5 Å². The Hall–Kier alpha value is -7.22. The zero-order valence-electron chi connectivity index (χ0n) is 45.9. The van der Waals surface area contributed by atoms with Gasteiger partial charge in [0, 0.05) is 33.7 Å². The average Bonchev–Trinajstić information content (AvgIpc) is 4.23. The van der Waals surface area contributed by atoms with Crippen LogP contribution in [0.5, 0.6) is 0 Å². The van der Waals surface area contributed by atoms with Crippen molar-refractivity contribution in [2.45, 2.75) is 151 Å². The molecule has 0 bridgehead atoms. The Morgan fingerprint density at radius 2 is 1.01 bits per heavy atom. The molecule has 6 aromatic rings. The first-order valence-electron chi connectivity index (χ1n) is 25.9. The van der Waals surface area contributed by atoms with E-state index in [4.69, 9.17) is 9.47 Å². The lowest BCUT2D eigenvalue weighted by molar-refractivity contribution is -0.141. The zero-order chi connectivity index (χ0) is 60.3. The summed E-state index contributed by atoms with van der Waals surface area (Å²) in [6.07, 6.45) is -2.93. The summed E-state index contributed by atoms with van der Waals surface area (Å²) in [6, 6.07) is 14.5. The van der Waals surface area contributed by atoms with Crippen molar-refractivity contribution in [3.63, 3.8) is 0 Å². The van der Waals surface area contributed by atoms with Gasteiger partial charge in [0.2, 0.25) is 11.8 Å². The highest BCUT2D eigenvalue weighted by atomic mass is 32.2. The molecule has 2 aliphatic rings. The van der Waals surface area contributed by atoms with Crippen LogP contribution < -0.4 is 0 Å². The van der Waals surface area contributed by atoms with E-state index in [1.165, 1.54) is 51.6 Å². The molecule has 4 atom stereocenters. The number of ether oxygens (including phenoxy) is 2. The fourth-order valence-electron chi connectivity index (χ4n) is 9.20. The Kier molecular flexibility index (Phi) is 18.8. The first kappa shape index (κ1) is 62.4. The zero-order valence-corrected chi connectivity index (χ0v) is 47.5. The molecule has 26 heteroatoms. The van der Waals surface area contributed by atoms with Crippen molar-refractivity contribution in [2.75, 3.05) is 0 Å². The van der Waals surface area contributed by atoms with Gasteiger partial charge in [0.25, 0.3) is 0 Å². The smallest absolute Gasteiger partial charge is 0.433 e. The number of nitrogens with zero attached hydrogens (tertiary/aromatic N) is 8. The molecule has 2 aliphatic carbocycles. The third kappa shape index (κ3) is 15.7. The third-order valence-corrected chi connectivity index (χ3v) is 16.9. The van der Waals surface area contributed by atoms with Gasteiger partial charge in [0.1, 0.15) is 34.2 Å². The highest BCUT2D eigenvalue weighted by molar-refractivity contribution is 8.00. The van der Waals surface area contributed by atoms with Gasteiger partial charge >= 0.3 is 24.5 Å². The van der Waals surface area contributed by atoms with Crippen LogP contribution in [0.2, 0.25) is 0 Å². The Morgan fingerprint density at radius 1 is 0.598 bits per heavy atom. The van der Waals surface area contributed by atoms with Crippen LogP contribution >= 0.6 is 11.8 Å². The molecule has 8 rings (SSSR count). The van der Waals surface area contributed by atoms with Crippen molar-refractivity contribution in [3.05, 3.63) is 143 Å². The first-order valence-corrected chi connectivity index (χ1v) is 28.3. The van der Waals surface area contributed by atoms with Gasteiger partial charge in [0.05, 0.1) is 70.2 Å². The summed E-state index contributed by atoms with van der Waals surface area (Å²) < 4.78 is 145. The number of carbonyl (C=O) groups excluding carboxylic acids is 4. The van der Waals surface area contributed by atoms with Crippen LogP contribution in [0.25, 0.3) is 11.4 Å². The van der Waals surface area contributed by atoms with Crippen LogP contribution in [0.3, 0.4) is 0 Å². The minimum Gasteiger partial charge on any atom is -0.443 e. The van der Waals surface area contributed by atoms with Crippen molar-refractivity contribution in [3.8, 4) is 11.4 Å². The van der Waals surface area contributed by atoms with E-state index >= 15 is 0 Å². The number of aromatic nitrogens is 6. The van der Waals surface area contributed by atoms with Gasteiger partial charge in [-0.1, -0.05) is 12.8 Å². The second kappa shape index (κ2) is 24.7. The number of rotatable bonds is 12. The molecule has 2 fully saturated rings. The van der Waals surface area contributed by atoms with E-state index in [0.717, 1.165) is 76.3 Å². The number of amides is 4. The fourth-order valence-corrected chi connectivity index (χ4v) is 12.6. The number of hydrogen-bond donors (Lipinski definition) is 0. The number of thioether (sulfide) groups is 1. The van der Waals surface area contributed by atoms with Crippen molar-refractivity contribution < 1.29 is 72.2 Å². The summed E-state index contributed by atoms with van der Waals surface area (Å²) >= 11 is 1.48. The lowest BCUT2D eigenvalue weighted by Crippen LogP contribution is -2.46.